The second-order valence-electron chi connectivity index (χ2n) is 7.15. The van der Waals surface area contributed by atoms with Gasteiger partial charge in [-0.3, -0.25) is 9.59 Å². The van der Waals surface area contributed by atoms with Gasteiger partial charge in [-0.1, -0.05) is 48.2 Å². The second-order valence-corrected chi connectivity index (χ2v) is 8.20. The van der Waals surface area contributed by atoms with Crippen molar-refractivity contribution in [1.82, 2.24) is 10.6 Å². The SMILES string of the molecule is CNC(=O)c1c(C)c2c(c(C(=O)NC)c1-c1ccccc1C)Nc1ccccc1S2. The Labute approximate surface area is 180 Å². The molecule has 1 heterocycles. The standard InChI is InChI=1S/C24H23N3O2S/c1-13-9-5-6-10-15(13)19-18(23(28)25-3)14(2)22-21(20(19)24(29)26-4)27-16-11-7-8-12-17(16)30-22/h5-12,27H,1-4H3,(H,25,28)(H,26,29). The highest BCUT2D eigenvalue weighted by Crippen LogP contribution is 2.51. The van der Waals surface area contributed by atoms with E-state index in [1.165, 1.54) is 0 Å². The number of amides is 2. The fraction of sp³-hybridized carbons (Fsp3) is 0.167. The van der Waals surface area contributed by atoms with Crippen molar-refractivity contribution in [2.45, 2.75) is 23.6 Å². The third-order valence-electron chi connectivity index (χ3n) is 5.37. The third-order valence-corrected chi connectivity index (χ3v) is 6.66. The number of carbonyl (C=O) groups is 2. The lowest BCUT2D eigenvalue weighted by Crippen LogP contribution is -2.26. The molecule has 0 spiro atoms. The van der Waals surface area contributed by atoms with Gasteiger partial charge in [0.2, 0.25) is 0 Å². The van der Waals surface area contributed by atoms with E-state index in [0.29, 0.717) is 16.7 Å². The number of anilines is 2. The summed E-state index contributed by atoms with van der Waals surface area (Å²) >= 11 is 1.58. The van der Waals surface area contributed by atoms with Gasteiger partial charge in [0, 0.05) is 29.4 Å². The predicted molar refractivity (Wildman–Crippen MR) is 122 cm³/mol. The van der Waals surface area contributed by atoms with Crippen LogP contribution < -0.4 is 16.0 Å². The average Bonchev–Trinajstić information content (AvgIpc) is 2.77. The van der Waals surface area contributed by atoms with Crippen LogP contribution >= 0.6 is 11.8 Å². The van der Waals surface area contributed by atoms with Gasteiger partial charge in [-0.2, -0.15) is 0 Å². The van der Waals surface area contributed by atoms with E-state index >= 15 is 0 Å². The summed E-state index contributed by atoms with van der Waals surface area (Å²) in [7, 11) is 3.23. The topological polar surface area (TPSA) is 70.2 Å². The third kappa shape index (κ3) is 3.13. The van der Waals surface area contributed by atoms with E-state index in [2.05, 4.69) is 16.0 Å². The minimum absolute atomic E-state index is 0.210. The van der Waals surface area contributed by atoms with Crippen LogP contribution in [0, 0.1) is 13.8 Å². The van der Waals surface area contributed by atoms with E-state index in [9.17, 15) is 9.59 Å². The van der Waals surface area contributed by atoms with E-state index in [4.69, 9.17) is 0 Å². The lowest BCUT2D eigenvalue weighted by molar-refractivity contribution is 0.0962. The maximum absolute atomic E-state index is 13.2. The van der Waals surface area contributed by atoms with Gasteiger partial charge in [0.05, 0.1) is 22.5 Å². The number of fused-ring (bicyclic) bond motifs is 2. The first kappa shape index (κ1) is 20.0. The van der Waals surface area contributed by atoms with E-state index < -0.39 is 0 Å². The van der Waals surface area contributed by atoms with Gasteiger partial charge in [0.25, 0.3) is 11.8 Å². The minimum Gasteiger partial charge on any atom is -0.355 e. The molecule has 5 nitrogen and oxygen atoms in total. The first-order valence-electron chi connectivity index (χ1n) is 9.72. The Morgan fingerprint density at radius 3 is 2.20 bits per heavy atom. The number of carbonyl (C=O) groups excluding carboxylic acids is 2. The number of hydrogen-bond donors (Lipinski definition) is 3. The zero-order valence-electron chi connectivity index (χ0n) is 17.3. The van der Waals surface area contributed by atoms with Gasteiger partial charge in [-0.05, 0) is 42.7 Å². The quantitative estimate of drug-likeness (QED) is 0.444. The van der Waals surface area contributed by atoms with Crippen LogP contribution in [-0.2, 0) is 0 Å². The van der Waals surface area contributed by atoms with Gasteiger partial charge in [-0.25, -0.2) is 0 Å². The molecule has 3 N–H and O–H groups in total. The zero-order chi connectivity index (χ0) is 21.4. The molecule has 3 aromatic carbocycles. The molecule has 0 radical (unpaired) electrons. The molecule has 0 aliphatic carbocycles. The molecule has 0 aromatic heterocycles. The Hall–Kier alpha value is -3.25. The highest BCUT2D eigenvalue weighted by Gasteiger charge is 2.32. The van der Waals surface area contributed by atoms with E-state index in [1.54, 1.807) is 25.9 Å². The molecule has 1 aliphatic rings. The van der Waals surface area contributed by atoms with Gasteiger partial charge in [0.1, 0.15) is 0 Å². The first-order valence-corrected chi connectivity index (χ1v) is 10.5. The maximum atomic E-state index is 13.2. The van der Waals surface area contributed by atoms with Gasteiger partial charge in [-0.15, -0.1) is 0 Å². The molecule has 6 heteroatoms. The molecule has 3 aromatic rings. The summed E-state index contributed by atoms with van der Waals surface area (Å²) in [4.78, 5) is 28.2. The molecule has 0 fully saturated rings. The average molecular weight is 418 g/mol. The summed E-state index contributed by atoms with van der Waals surface area (Å²) in [6, 6.07) is 15.8. The summed E-state index contributed by atoms with van der Waals surface area (Å²) in [6.45, 7) is 3.93. The van der Waals surface area contributed by atoms with Crippen molar-refractivity contribution in [2.24, 2.45) is 0 Å². The van der Waals surface area contributed by atoms with Crippen LogP contribution in [0.4, 0.5) is 11.4 Å². The normalized spacial score (nSPS) is 11.7. The van der Waals surface area contributed by atoms with Crippen LogP contribution in [0.25, 0.3) is 11.1 Å². The van der Waals surface area contributed by atoms with Crippen LogP contribution in [0.2, 0.25) is 0 Å². The Balaban J connectivity index is 2.14. The van der Waals surface area contributed by atoms with Gasteiger partial charge >= 0.3 is 0 Å². The molecule has 0 unspecified atom stereocenters. The van der Waals surface area contributed by atoms with Crippen molar-refractivity contribution in [2.75, 3.05) is 19.4 Å². The number of nitrogens with one attached hydrogen (secondary N) is 3. The molecule has 152 valence electrons. The zero-order valence-corrected chi connectivity index (χ0v) is 18.2. The first-order chi connectivity index (χ1) is 14.5. The number of rotatable bonds is 3. The molecule has 1 aliphatic heterocycles. The molecule has 0 bridgehead atoms. The number of para-hydroxylation sites is 1. The smallest absolute Gasteiger partial charge is 0.253 e. The minimum atomic E-state index is -0.234. The molecule has 4 rings (SSSR count). The Kier molecular flexibility index (Phi) is 5.26. The van der Waals surface area contributed by atoms with Crippen molar-refractivity contribution in [1.29, 1.82) is 0 Å². The van der Waals surface area contributed by atoms with Crippen LogP contribution in [-0.4, -0.2) is 25.9 Å². The van der Waals surface area contributed by atoms with Crippen LogP contribution in [0.1, 0.15) is 31.8 Å². The molecular weight excluding hydrogens is 394 g/mol. The van der Waals surface area contributed by atoms with Crippen LogP contribution in [0.5, 0.6) is 0 Å². The van der Waals surface area contributed by atoms with Gasteiger partial charge < -0.3 is 16.0 Å². The highest BCUT2D eigenvalue weighted by atomic mass is 32.2. The fourth-order valence-electron chi connectivity index (χ4n) is 3.89. The van der Waals surface area contributed by atoms with Crippen molar-refractivity contribution in [3.63, 3.8) is 0 Å². The van der Waals surface area contributed by atoms with Crippen molar-refractivity contribution in [3.05, 3.63) is 70.8 Å². The van der Waals surface area contributed by atoms with E-state index in [1.807, 2.05) is 62.4 Å². The number of aryl methyl sites for hydroxylation is 1. The van der Waals surface area contributed by atoms with Crippen molar-refractivity contribution in [3.8, 4) is 11.1 Å². The number of hydrogen-bond acceptors (Lipinski definition) is 4. The Bertz CT molecular complexity index is 1190. The second kappa shape index (κ2) is 7.88. The summed E-state index contributed by atoms with van der Waals surface area (Å²) < 4.78 is 0. The summed E-state index contributed by atoms with van der Waals surface area (Å²) in [5.74, 6) is -0.444. The van der Waals surface area contributed by atoms with E-state index in [0.717, 1.165) is 37.9 Å². The summed E-state index contributed by atoms with van der Waals surface area (Å²) in [5, 5.41) is 9.00. The number of benzene rings is 3. The molecule has 0 atom stereocenters. The van der Waals surface area contributed by atoms with E-state index in [-0.39, 0.29) is 11.8 Å². The molecule has 2 amide bonds. The monoisotopic (exact) mass is 417 g/mol. The van der Waals surface area contributed by atoms with Crippen molar-refractivity contribution < 1.29 is 9.59 Å². The largest absolute Gasteiger partial charge is 0.355 e. The fourth-order valence-corrected chi connectivity index (χ4v) is 4.99. The predicted octanol–water partition coefficient (Wildman–Crippen LogP) is 4.90. The molecule has 30 heavy (non-hydrogen) atoms. The Morgan fingerprint density at radius 2 is 1.50 bits per heavy atom. The van der Waals surface area contributed by atoms with Gasteiger partial charge in [0.15, 0.2) is 0 Å². The molecular formula is C24H23N3O2S. The summed E-state index contributed by atoms with van der Waals surface area (Å²) in [6.07, 6.45) is 0. The van der Waals surface area contributed by atoms with Crippen LogP contribution in [0.15, 0.2) is 58.3 Å². The van der Waals surface area contributed by atoms with Crippen molar-refractivity contribution >= 4 is 35.0 Å². The lowest BCUT2D eigenvalue weighted by atomic mass is 9.86. The van der Waals surface area contributed by atoms with Crippen LogP contribution in [0.3, 0.4) is 0 Å². The lowest BCUT2D eigenvalue weighted by Gasteiger charge is -2.29. The summed E-state index contributed by atoms with van der Waals surface area (Å²) in [5.41, 5.74) is 6.05. The Morgan fingerprint density at radius 1 is 0.867 bits per heavy atom. The highest BCUT2D eigenvalue weighted by molar-refractivity contribution is 7.99. The molecule has 0 saturated carbocycles. The maximum Gasteiger partial charge on any atom is 0.253 e. The molecule has 0 saturated heterocycles.